The Bertz CT molecular complexity index is 393. The lowest BCUT2D eigenvalue weighted by Crippen LogP contribution is -1.78. The van der Waals surface area contributed by atoms with Crippen molar-refractivity contribution in [3.8, 4) is 0 Å². The van der Waals surface area contributed by atoms with Gasteiger partial charge in [-0.2, -0.15) is 0 Å². The number of benzene rings is 1. The first-order chi connectivity index (χ1) is 5.40. The van der Waals surface area contributed by atoms with E-state index in [4.69, 9.17) is 0 Å². The van der Waals surface area contributed by atoms with Crippen molar-refractivity contribution >= 4 is 17.3 Å². The summed E-state index contributed by atoms with van der Waals surface area (Å²) in [6, 6.07) is 5.04. The summed E-state index contributed by atoms with van der Waals surface area (Å²) in [7, 11) is 0. The zero-order valence-electron chi connectivity index (χ0n) is 5.53. The van der Waals surface area contributed by atoms with E-state index >= 15 is 0 Å². The van der Waals surface area contributed by atoms with Crippen LogP contribution in [0.2, 0.25) is 0 Å². The van der Waals surface area contributed by atoms with Crippen molar-refractivity contribution in [1.29, 1.82) is 0 Å². The van der Waals surface area contributed by atoms with Gasteiger partial charge in [-0.25, -0.2) is 0 Å². The molecule has 0 aliphatic rings. The van der Waals surface area contributed by atoms with Crippen molar-refractivity contribution in [3.63, 3.8) is 0 Å². The van der Waals surface area contributed by atoms with Gasteiger partial charge in [0.05, 0.1) is 5.52 Å². The molecule has 4 nitrogen and oxygen atoms in total. The van der Waals surface area contributed by atoms with Crippen LogP contribution in [0, 0.1) is 0 Å². The molecule has 1 N–H and O–H groups in total. The third kappa shape index (κ3) is 0.881. The summed E-state index contributed by atoms with van der Waals surface area (Å²) < 4.78 is 0. The molecule has 0 spiro atoms. The van der Waals surface area contributed by atoms with Gasteiger partial charge in [-0.3, -0.25) is 9.89 Å². The van der Waals surface area contributed by atoms with Gasteiger partial charge < -0.3 is 0 Å². The second kappa shape index (κ2) is 2.16. The molecule has 0 unspecified atom stereocenters. The Labute approximate surface area is 62.2 Å². The SMILES string of the molecule is O=[C]c1ccc2[nH]nnc2c1. The van der Waals surface area contributed by atoms with Crippen molar-refractivity contribution in [3.05, 3.63) is 23.8 Å². The normalized spacial score (nSPS) is 10.2. The van der Waals surface area contributed by atoms with Crippen molar-refractivity contribution in [2.45, 2.75) is 0 Å². The van der Waals surface area contributed by atoms with Crippen LogP contribution in [0.1, 0.15) is 5.56 Å². The fourth-order valence-corrected chi connectivity index (χ4v) is 0.905. The van der Waals surface area contributed by atoms with Crippen molar-refractivity contribution < 1.29 is 4.79 Å². The fraction of sp³-hybridized carbons (Fsp3) is 0. The van der Waals surface area contributed by atoms with Crippen LogP contribution in [0.3, 0.4) is 0 Å². The summed E-state index contributed by atoms with van der Waals surface area (Å²) in [5, 5.41) is 9.99. The summed E-state index contributed by atoms with van der Waals surface area (Å²) in [4.78, 5) is 10.2. The molecule has 0 saturated heterocycles. The summed E-state index contributed by atoms with van der Waals surface area (Å²) in [6.45, 7) is 0. The molecule has 1 heterocycles. The molecule has 0 amide bonds. The van der Waals surface area contributed by atoms with E-state index in [1.807, 2.05) is 0 Å². The Morgan fingerprint density at radius 2 is 2.36 bits per heavy atom. The number of fused-ring (bicyclic) bond motifs is 1. The second-order valence-corrected chi connectivity index (χ2v) is 2.15. The number of hydrogen-bond acceptors (Lipinski definition) is 3. The van der Waals surface area contributed by atoms with E-state index in [9.17, 15) is 4.79 Å². The Morgan fingerprint density at radius 1 is 1.45 bits per heavy atom. The van der Waals surface area contributed by atoms with E-state index in [0.717, 1.165) is 5.52 Å². The van der Waals surface area contributed by atoms with Gasteiger partial charge >= 0.3 is 0 Å². The molecule has 0 aliphatic carbocycles. The molecule has 11 heavy (non-hydrogen) atoms. The molecule has 0 saturated carbocycles. The molecule has 0 aliphatic heterocycles. The average Bonchev–Trinajstić information content (AvgIpc) is 2.50. The number of aromatic nitrogens is 3. The fourth-order valence-electron chi connectivity index (χ4n) is 0.905. The maximum atomic E-state index is 10.2. The zero-order valence-corrected chi connectivity index (χ0v) is 5.53. The van der Waals surface area contributed by atoms with Crippen LogP contribution in [0.4, 0.5) is 0 Å². The maximum Gasteiger partial charge on any atom is 0.233 e. The molecular weight excluding hydrogens is 142 g/mol. The molecule has 0 atom stereocenters. The monoisotopic (exact) mass is 146 g/mol. The van der Waals surface area contributed by atoms with Gasteiger partial charge in [-0.05, 0) is 18.2 Å². The maximum absolute atomic E-state index is 10.2. The summed E-state index contributed by atoms with van der Waals surface area (Å²) in [5.74, 6) is 0. The third-order valence-electron chi connectivity index (χ3n) is 1.44. The minimum Gasteiger partial charge on any atom is -0.285 e. The highest BCUT2D eigenvalue weighted by molar-refractivity contribution is 5.84. The predicted molar refractivity (Wildman–Crippen MR) is 38.7 cm³/mol. The van der Waals surface area contributed by atoms with E-state index in [2.05, 4.69) is 15.4 Å². The van der Waals surface area contributed by atoms with Crippen LogP contribution in [-0.4, -0.2) is 21.7 Å². The molecule has 0 fully saturated rings. The number of hydrogen-bond donors (Lipinski definition) is 1. The Morgan fingerprint density at radius 3 is 3.18 bits per heavy atom. The molecule has 53 valence electrons. The highest BCUT2D eigenvalue weighted by Gasteiger charge is 1.97. The lowest BCUT2D eigenvalue weighted by molar-refractivity contribution is 0.563. The minimum atomic E-state index is 0.492. The first-order valence-electron chi connectivity index (χ1n) is 3.09. The summed E-state index contributed by atoms with van der Waals surface area (Å²) in [6.07, 6.45) is 1.78. The van der Waals surface area contributed by atoms with Crippen LogP contribution < -0.4 is 0 Å². The highest BCUT2D eigenvalue weighted by atomic mass is 16.1. The van der Waals surface area contributed by atoms with Gasteiger partial charge in [0.1, 0.15) is 5.52 Å². The van der Waals surface area contributed by atoms with E-state index in [0.29, 0.717) is 11.1 Å². The predicted octanol–water partition coefficient (Wildman–Crippen LogP) is 0.416. The van der Waals surface area contributed by atoms with Crippen LogP contribution in [0.15, 0.2) is 18.2 Å². The number of carbonyl (C=O) groups excluding carboxylic acids is 1. The van der Waals surface area contributed by atoms with Gasteiger partial charge in [-0.15, -0.1) is 5.10 Å². The smallest absolute Gasteiger partial charge is 0.233 e. The number of rotatable bonds is 1. The molecule has 1 aromatic heterocycles. The molecule has 4 heteroatoms. The van der Waals surface area contributed by atoms with E-state index in [1.165, 1.54) is 0 Å². The lowest BCUT2D eigenvalue weighted by Gasteiger charge is -1.86. The summed E-state index contributed by atoms with van der Waals surface area (Å²) >= 11 is 0. The molecule has 0 bridgehead atoms. The molecule has 1 aromatic carbocycles. The van der Waals surface area contributed by atoms with Crippen molar-refractivity contribution in [1.82, 2.24) is 15.4 Å². The number of aromatic amines is 1. The standard InChI is InChI=1S/C7H4N3O/c11-4-5-1-2-6-7(3-5)9-10-8-6/h1-3H,(H,8,9,10). The minimum absolute atomic E-state index is 0.492. The quantitative estimate of drug-likeness (QED) is 0.634. The number of nitrogens with one attached hydrogen (secondary N) is 1. The van der Waals surface area contributed by atoms with Gasteiger partial charge in [0.15, 0.2) is 0 Å². The Balaban J connectivity index is 2.76. The molecule has 2 aromatic rings. The first kappa shape index (κ1) is 6.03. The van der Waals surface area contributed by atoms with Crippen LogP contribution >= 0.6 is 0 Å². The topological polar surface area (TPSA) is 58.6 Å². The second-order valence-electron chi connectivity index (χ2n) is 2.15. The summed E-state index contributed by atoms with van der Waals surface area (Å²) in [5.41, 5.74) is 2.00. The van der Waals surface area contributed by atoms with Gasteiger partial charge in [0.25, 0.3) is 0 Å². The zero-order chi connectivity index (χ0) is 7.68. The number of H-pyrrole nitrogens is 1. The van der Waals surface area contributed by atoms with Crippen LogP contribution in [0.25, 0.3) is 11.0 Å². The largest absolute Gasteiger partial charge is 0.285 e. The lowest BCUT2D eigenvalue weighted by atomic mass is 10.2. The molecule has 2 rings (SSSR count). The van der Waals surface area contributed by atoms with E-state index < -0.39 is 0 Å². The Hall–Kier alpha value is -1.71. The van der Waals surface area contributed by atoms with Crippen LogP contribution in [-0.2, 0) is 4.79 Å². The van der Waals surface area contributed by atoms with E-state index in [1.54, 1.807) is 24.5 Å². The van der Waals surface area contributed by atoms with Crippen LogP contribution in [0.5, 0.6) is 0 Å². The third-order valence-corrected chi connectivity index (χ3v) is 1.44. The van der Waals surface area contributed by atoms with Gasteiger partial charge in [-0.1, -0.05) is 5.21 Å². The van der Waals surface area contributed by atoms with E-state index in [-0.39, 0.29) is 0 Å². The molecule has 1 radical (unpaired) electrons. The van der Waals surface area contributed by atoms with Gasteiger partial charge in [0, 0.05) is 5.56 Å². The number of nitrogens with zero attached hydrogens (tertiary/aromatic N) is 2. The average molecular weight is 146 g/mol. The Kier molecular flexibility index (Phi) is 1.18. The van der Waals surface area contributed by atoms with Crippen molar-refractivity contribution in [2.75, 3.05) is 0 Å². The van der Waals surface area contributed by atoms with Gasteiger partial charge in [0.2, 0.25) is 6.29 Å². The van der Waals surface area contributed by atoms with Crippen molar-refractivity contribution in [2.24, 2.45) is 0 Å². The molecular formula is C7H4N3O. The first-order valence-corrected chi connectivity index (χ1v) is 3.09. The highest BCUT2D eigenvalue weighted by Crippen LogP contribution is 2.07.